The van der Waals surface area contributed by atoms with Crippen LogP contribution in [0.2, 0.25) is 5.02 Å². The summed E-state index contributed by atoms with van der Waals surface area (Å²) in [6.45, 7) is 0.191. The summed E-state index contributed by atoms with van der Waals surface area (Å²) in [5, 5.41) is 10.4. The molecule has 0 saturated carbocycles. The molecule has 1 heterocycles. The zero-order chi connectivity index (χ0) is 15.2. The Morgan fingerprint density at radius 3 is 2.62 bits per heavy atom. The molecule has 1 aromatic carbocycles. The standard InChI is InChI=1S/C15H15ClN2O2S/c16-12-4-1-11(2-5-12)3-6-13-7-8-14(21-13)9-10-18(20)15(17)19/h1-8,20H,9-10H2,(H2,17,19). The smallest absolute Gasteiger partial charge is 0.338 e. The van der Waals surface area contributed by atoms with Gasteiger partial charge in [0.1, 0.15) is 0 Å². The van der Waals surface area contributed by atoms with Gasteiger partial charge in [-0.1, -0.05) is 29.8 Å². The number of carbonyl (C=O) groups is 1. The van der Waals surface area contributed by atoms with E-state index in [1.807, 2.05) is 48.6 Å². The molecule has 0 aliphatic carbocycles. The number of nitrogens with zero attached hydrogens (tertiary/aromatic N) is 1. The minimum Gasteiger partial charge on any atom is -0.350 e. The molecular weight excluding hydrogens is 308 g/mol. The van der Waals surface area contributed by atoms with Gasteiger partial charge in [0.05, 0.1) is 6.54 Å². The topological polar surface area (TPSA) is 66.6 Å². The molecule has 0 aliphatic heterocycles. The van der Waals surface area contributed by atoms with Crippen LogP contribution in [0.3, 0.4) is 0 Å². The van der Waals surface area contributed by atoms with Gasteiger partial charge in [-0.2, -0.15) is 0 Å². The fraction of sp³-hybridized carbons (Fsp3) is 0.133. The first-order valence-electron chi connectivity index (χ1n) is 6.33. The number of urea groups is 1. The Bertz CT molecular complexity index is 637. The summed E-state index contributed by atoms with van der Waals surface area (Å²) in [5.41, 5.74) is 6.02. The Labute approximate surface area is 132 Å². The van der Waals surface area contributed by atoms with E-state index < -0.39 is 6.03 Å². The third-order valence-corrected chi connectivity index (χ3v) is 4.18. The van der Waals surface area contributed by atoms with Crippen molar-refractivity contribution < 1.29 is 10.0 Å². The fourth-order valence-corrected chi connectivity index (χ4v) is 2.73. The average molecular weight is 323 g/mol. The van der Waals surface area contributed by atoms with Crippen LogP contribution in [0.25, 0.3) is 12.2 Å². The van der Waals surface area contributed by atoms with Gasteiger partial charge in [0.25, 0.3) is 0 Å². The minimum atomic E-state index is -0.839. The number of nitrogens with two attached hydrogens (primary N) is 1. The Morgan fingerprint density at radius 2 is 1.95 bits per heavy atom. The lowest BCUT2D eigenvalue weighted by atomic mass is 10.2. The normalized spacial score (nSPS) is 11.0. The van der Waals surface area contributed by atoms with Gasteiger partial charge >= 0.3 is 6.03 Å². The zero-order valence-electron chi connectivity index (χ0n) is 11.2. The molecule has 0 spiro atoms. The second-order valence-corrected chi connectivity index (χ2v) is 6.04. The lowest BCUT2D eigenvalue weighted by molar-refractivity contribution is -0.0380. The molecule has 0 atom stereocenters. The quantitative estimate of drug-likeness (QED) is 0.648. The van der Waals surface area contributed by atoms with Crippen LogP contribution in [0.4, 0.5) is 4.79 Å². The van der Waals surface area contributed by atoms with Crippen LogP contribution in [-0.4, -0.2) is 22.8 Å². The van der Waals surface area contributed by atoms with Gasteiger partial charge in [-0.3, -0.25) is 5.21 Å². The largest absolute Gasteiger partial charge is 0.350 e. The zero-order valence-corrected chi connectivity index (χ0v) is 12.8. The molecular formula is C15H15ClN2O2S. The number of hydrogen-bond acceptors (Lipinski definition) is 3. The summed E-state index contributed by atoms with van der Waals surface area (Å²) in [5.74, 6) is 0. The molecule has 1 aromatic heterocycles. The van der Waals surface area contributed by atoms with E-state index >= 15 is 0 Å². The number of benzene rings is 1. The number of hydrogen-bond donors (Lipinski definition) is 2. The van der Waals surface area contributed by atoms with Crippen molar-refractivity contribution in [3.05, 3.63) is 56.7 Å². The van der Waals surface area contributed by atoms with Crippen molar-refractivity contribution in [2.75, 3.05) is 6.54 Å². The van der Waals surface area contributed by atoms with Gasteiger partial charge in [-0.25, -0.2) is 9.86 Å². The molecule has 0 unspecified atom stereocenters. The van der Waals surface area contributed by atoms with Gasteiger partial charge in [0.15, 0.2) is 0 Å². The van der Waals surface area contributed by atoms with Crippen molar-refractivity contribution in [3.8, 4) is 0 Å². The lowest BCUT2D eigenvalue weighted by Gasteiger charge is -2.10. The van der Waals surface area contributed by atoms with E-state index in [1.165, 1.54) is 0 Å². The third-order valence-electron chi connectivity index (χ3n) is 2.82. The van der Waals surface area contributed by atoms with Crippen molar-refractivity contribution in [1.82, 2.24) is 5.06 Å². The molecule has 2 aromatic rings. The molecule has 4 nitrogen and oxygen atoms in total. The maximum absolute atomic E-state index is 10.7. The highest BCUT2D eigenvalue weighted by Gasteiger charge is 2.06. The number of amides is 2. The number of primary amides is 1. The first kappa shape index (κ1) is 15.6. The number of halogens is 1. The molecule has 21 heavy (non-hydrogen) atoms. The van der Waals surface area contributed by atoms with Crippen molar-refractivity contribution in [1.29, 1.82) is 0 Å². The first-order chi connectivity index (χ1) is 10.0. The molecule has 0 bridgehead atoms. The van der Waals surface area contributed by atoms with Crippen LogP contribution >= 0.6 is 22.9 Å². The minimum absolute atomic E-state index is 0.191. The van der Waals surface area contributed by atoms with E-state index in [4.69, 9.17) is 17.3 Å². The Balaban J connectivity index is 1.93. The molecule has 0 aliphatic rings. The highest BCUT2D eigenvalue weighted by molar-refractivity contribution is 7.12. The van der Waals surface area contributed by atoms with E-state index in [0.717, 1.165) is 15.3 Å². The van der Waals surface area contributed by atoms with Crippen LogP contribution in [0.1, 0.15) is 15.3 Å². The van der Waals surface area contributed by atoms with Gasteiger partial charge in [-0.15, -0.1) is 11.3 Å². The summed E-state index contributed by atoms with van der Waals surface area (Å²) < 4.78 is 0. The number of hydroxylamine groups is 2. The SMILES string of the molecule is NC(=O)N(O)CCc1ccc(C=Cc2ccc(Cl)cc2)s1. The maximum atomic E-state index is 10.7. The monoisotopic (exact) mass is 322 g/mol. The van der Waals surface area contributed by atoms with Crippen LogP contribution in [0.15, 0.2) is 36.4 Å². The molecule has 0 fully saturated rings. The van der Waals surface area contributed by atoms with Gasteiger partial charge in [0, 0.05) is 21.2 Å². The summed E-state index contributed by atoms with van der Waals surface area (Å²) >= 11 is 7.44. The van der Waals surface area contributed by atoms with Gasteiger partial charge in [0.2, 0.25) is 0 Å². The lowest BCUT2D eigenvalue weighted by Crippen LogP contribution is -2.34. The van der Waals surface area contributed by atoms with Crippen LogP contribution in [-0.2, 0) is 6.42 Å². The number of rotatable bonds is 5. The summed E-state index contributed by atoms with van der Waals surface area (Å²) in [4.78, 5) is 12.9. The van der Waals surface area contributed by atoms with Crippen LogP contribution in [0, 0.1) is 0 Å². The van der Waals surface area contributed by atoms with E-state index in [-0.39, 0.29) is 6.54 Å². The molecule has 2 rings (SSSR count). The Hall–Kier alpha value is -1.82. The summed E-state index contributed by atoms with van der Waals surface area (Å²) in [7, 11) is 0. The van der Waals surface area contributed by atoms with E-state index in [2.05, 4.69) is 0 Å². The fourth-order valence-electron chi connectivity index (χ4n) is 1.70. The molecule has 0 radical (unpaired) electrons. The first-order valence-corrected chi connectivity index (χ1v) is 7.52. The van der Waals surface area contributed by atoms with E-state index in [9.17, 15) is 10.0 Å². The maximum Gasteiger partial charge on any atom is 0.338 e. The summed E-state index contributed by atoms with van der Waals surface area (Å²) in [6, 6.07) is 10.7. The number of carbonyl (C=O) groups excluding carboxylic acids is 1. The highest BCUT2D eigenvalue weighted by atomic mass is 35.5. The third kappa shape index (κ3) is 4.90. The average Bonchev–Trinajstić information content (AvgIpc) is 2.92. The van der Waals surface area contributed by atoms with Crippen LogP contribution < -0.4 is 5.73 Å². The molecule has 2 amide bonds. The Morgan fingerprint density at radius 1 is 1.24 bits per heavy atom. The van der Waals surface area contributed by atoms with E-state index in [1.54, 1.807) is 11.3 Å². The van der Waals surface area contributed by atoms with Crippen molar-refractivity contribution in [2.45, 2.75) is 6.42 Å². The number of thiophene rings is 1. The molecule has 110 valence electrons. The van der Waals surface area contributed by atoms with Crippen molar-refractivity contribution >= 4 is 41.1 Å². The Kier molecular flexibility index (Phi) is 5.38. The van der Waals surface area contributed by atoms with Gasteiger partial charge in [-0.05, 0) is 35.9 Å². The van der Waals surface area contributed by atoms with Crippen LogP contribution in [0.5, 0.6) is 0 Å². The molecule has 0 saturated heterocycles. The van der Waals surface area contributed by atoms with Crippen molar-refractivity contribution in [3.63, 3.8) is 0 Å². The predicted molar refractivity (Wildman–Crippen MR) is 86.5 cm³/mol. The van der Waals surface area contributed by atoms with Gasteiger partial charge < -0.3 is 5.73 Å². The molecule has 3 N–H and O–H groups in total. The molecule has 6 heteroatoms. The second kappa shape index (κ2) is 7.26. The highest BCUT2D eigenvalue weighted by Crippen LogP contribution is 2.20. The second-order valence-electron chi connectivity index (χ2n) is 4.40. The van der Waals surface area contributed by atoms with Crippen molar-refractivity contribution in [2.24, 2.45) is 5.73 Å². The summed E-state index contributed by atoms with van der Waals surface area (Å²) in [6.07, 6.45) is 4.59. The van der Waals surface area contributed by atoms with E-state index in [0.29, 0.717) is 16.5 Å². The predicted octanol–water partition coefficient (Wildman–Crippen LogP) is 3.88.